The van der Waals surface area contributed by atoms with Crippen LogP contribution in [0.5, 0.6) is 5.75 Å². The summed E-state index contributed by atoms with van der Waals surface area (Å²) < 4.78 is 10.7. The topological polar surface area (TPSA) is 91.3 Å². The number of benzene rings is 1. The van der Waals surface area contributed by atoms with Gasteiger partial charge in [0.05, 0.1) is 25.8 Å². The molecule has 8 nitrogen and oxygen atoms in total. The number of methoxy groups -OCH3 is 1. The van der Waals surface area contributed by atoms with Crippen molar-refractivity contribution in [1.82, 2.24) is 9.80 Å². The number of nitrogens with zero attached hydrogens (tertiary/aromatic N) is 2. The zero-order chi connectivity index (χ0) is 21.3. The Morgan fingerprint density at radius 2 is 1.80 bits per heavy atom. The van der Waals surface area contributed by atoms with Gasteiger partial charge in [0.2, 0.25) is 0 Å². The number of amides is 1. The Labute approximate surface area is 177 Å². The van der Waals surface area contributed by atoms with Gasteiger partial charge in [-0.05, 0) is 50.2 Å². The first-order valence-electron chi connectivity index (χ1n) is 10.6. The zero-order valence-electron chi connectivity index (χ0n) is 17.6. The number of esters is 1. The highest BCUT2D eigenvalue weighted by Gasteiger charge is 2.34. The van der Waals surface area contributed by atoms with Gasteiger partial charge in [-0.25, -0.2) is 4.79 Å². The summed E-state index contributed by atoms with van der Waals surface area (Å²) >= 11 is 0. The smallest absolute Gasteiger partial charge is 0.337 e. The van der Waals surface area contributed by atoms with Gasteiger partial charge in [-0.3, -0.25) is 9.69 Å². The molecule has 0 unspecified atom stereocenters. The standard InChI is InChI=1S/C22H31N3O5/c1-29-22(28)19-16-25(12-14-26)21(27)20(19)23-17-6-8-18(9-7-17)30-15-13-24-10-4-2-3-5-11-24/h6-9,23,26H,2-5,10-16H2,1H3. The fraction of sp³-hybridized carbons (Fsp3) is 0.545. The molecule has 164 valence electrons. The highest BCUT2D eigenvalue weighted by Crippen LogP contribution is 2.24. The Hall–Kier alpha value is -2.58. The van der Waals surface area contributed by atoms with Crippen LogP contribution in [0.25, 0.3) is 0 Å². The van der Waals surface area contributed by atoms with Gasteiger partial charge >= 0.3 is 5.97 Å². The van der Waals surface area contributed by atoms with Crippen LogP contribution in [0.2, 0.25) is 0 Å². The molecule has 2 aliphatic heterocycles. The molecule has 2 aliphatic rings. The molecule has 2 heterocycles. The van der Waals surface area contributed by atoms with E-state index in [-0.39, 0.29) is 36.9 Å². The van der Waals surface area contributed by atoms with E-state index >= 15 is 0 Å². The van der Waals surface area contributed by atoms with Gasteiger partial charge in [0.25, 0.3) is 5.91 Å². The summed E-state index contributed by atoms with van der Waals surface area (Å²) in [6.07, 6.45) is 5.16. The Bertz CT molecular complexity index is 755. The number of aliphatic hydroxyl groups is 1. The minimum absolute atomic E-state index is 0.117. The number of rotatable bonds is 9. The lowest BCUT2D eigenvalue weighted by Crippen LogP contribution is -2.31. The summed E-state index contributed by atoms with van der Waals surface area (Å²) in [7, 11) is 1.28. The first-order chi connectivity index (χ1) is 14.6. The van der Waals surface area contributed by atoms with Crippen LogP contribution < -0.4 is 10.1 Å². The highest BCUT2D eigenvalue weighted by atomic mass is 16.5. The van der Waals surface area contributed by atoms with Crippen molar-refractivity contribution in [3.8, 4) is 5.75 Å². The third-order valence-corrected chi connectivity index (χ3v) is 5.45. The summed E-state index contributed by atoms with van der Waals surface area (Å²) in [5.41, 5.74) is 1.12. The van der Waals surface area contributed by atoms with Crippen molar-refractivity contribution in [3.63, 3.8) is 0 Å². The van der Waals surface area contributed by atoms with Gasteiger partial charge in [-0.15, -0.1) is 0 Å². The number of nitrogens with one attached hydrogen (secondary N) is 1. The second-order valence-corrected chi connectivity index (χ2v) is 7.55. The molecule has 0 bridgehead atoms. The number of carbonyl (C=O) groups is 2. The maximum Gasteiger partial charge on any atom is 0.337 e. The van der Waals surface area contributed by atoms with Crippen LogP contribution in [0.3, 0.4) is 0 Å². The summed E-state index contributed by atoms with van der Waals surface area (Å²) in [5, 5.41) is 12.2. The van der Waals surface area contributed by atoms with E-state index in [2.05, 4.69) is 10.2 Å². The minimum Gasteiger partial charge on any atom is -0.492 e. The molecule has 3 rings (SSSR count). The van der Waals surface area contributed by atoms with Crippen LogP contribution in [0.1, 0.15) is 25.7 Å². The van der Waals surface area contributed by atoms with Gasteiger partial charge < -0.3 is 24.8 Å². The van der Waals surface area contributed by atoms with Gasteiger partial charge in [0.1, 0.15) is 18.1 Å². The number of carbonyl (C=O) groups excluding carboxylic acids is 2. The van der Waals surface area contributed by atoms with Crippen molar-refractivity contribution >= 4 is 17.6 Å². The van der Waals surface area contributed by atoms with E-state index in [9.17, 15) is 9.59 Å². The number of β-amino-alcohol motifs (C(OH)–C–C–N with tert-alkyl or cyclic N) is 1. The quantitative estimate of drug-likeness (QED) is 0.590. The Morgan fingerprint density at radius 1 is 1.10 bits per heavy atom. The first-order valence-corrected chi connectivity index (χ1v) is 10.6. The molecule has 30 heavy (non-hydrogen) atoms. The number of anilines is 1. The second-order valence-electron chi connectivity index (χ2n) is 7.55. The summed E-state index contributed by atoms with van der Waals surface area (Å²) in [4.78, 5) is 28.5. The van der Waals surface area contributed by atoms with Crippen molar-refractivity contribution in [3.05, 3.63) is 35.5 Å². The lowest BCUT2D eigenvalue weighted by atomic mass is 10.2. The average molecular weight is 418 g/mol. The molecule has 2 N–H and O–H groups in total. The van der Waals surface area contributed by atoms with Gasteiger partial charge in [0.15, 0.2) is 0 Å². The van der Waals surface area contributed by atoms with Crippen LogP contribution >= 0.6 is 0 Å². The summed E-state index contributed by atoms with van der Waals surface area (Å²) in [6, 6.07) is 7.30. The van der Waals surface area contributed by atoms with Crippen molar-refractivity contribution in [2.45, 2.75) is 25.7 Å². The van der Waals surface area contributed by atoms with Crippen LogP contribution in [0.4, 0.5) is 5.69 Å². The molecule has 8 heteroatoms. The normalized spacial score (nSPS) is 17.8. The Morgan fingerprint density at radius 3 is 2.43 bits per heavy atom. The summed E-state index contributed by atoms with van der Waals surface area (Å²) in [6.45, 7) is 3.96. The molecule has 0 aliphatic carbocycles. The largest absolute Gasteiger partial charge is 0.492 e. The van der Waals surface area contributed by atoms with E-state index in [1.165, 1.54) is 37.7 Å². The van der Waals surface area contributed by atoms with Crippen LogP contribution in [0, 0.1) is 0 Å². The number of likely N-dealkylation sites (tertiary alicyclic amines) is 1. The second kappa shape index (κ2) is 11.0. The average Bonchev–Trinajstić information content (AvgIpc) is 2.92. The summed E-state index contributed by atoms with van der Waals surface area (Å²) in [5.74, 6) is -0.126. The van der Waals surface area contributed by atoms with Crippen LogP contribution in [-0.4, -0.2) is 79.8 Å². The molecule has 1 saturated heterocycles. The van der Waals surface area contributed by atoms with Crippen molar-refractivity contribution in [2.75, 3.05) is 58.4 Å². The Balaban J connectivity index is 1.57. The molecule has 1 fully saturated rings. The number of hydrogen-bond donors (Lipinski definition) is 2. The molecule has 1 amide bonds. The van der Waals surface area contributed by atoms with Crippen molar-refractivity contribution < 1.29 is 24.2 Å². The molecular weight excluding hydrogens is 386 g/mol. The van der Waals surface area contributed by atoms with Crippen LogP contribution in [0.15, 0.2) is 35.5 Å². The van der Waals surface area contributed by atoms with Gasteiger partial charge in [-0.1, -0.05) is 12.8 Å². The van der Waals surface area contributed by atoms with E-state index in [0.29, 0.717) is 12.3 Å². The van der Waals surface area contributed by atoms with Crippen molar-refractivity contribution in [2.24, 2.45) is 0 Å². The monoisotopic (exact) mass is 417 g/mol. The third-order valence-electron chi connectivity index (χ3n) is 5.45. The SMILES string of the molecule is COC(=O)C1=C(Nc2ccc(OCCN3CCCCCC3)cc2)C(=O)N(CCO)C1. The third kappa shape index (κ3) is 5.73. The predicted molar refractivity (Wildman–Crippen MR) is 113 cm³/mol. The zero-order valence-corrected chi connectivity index (χ0v) is 17.6. The molecular formula is C22H31N3O5. The van der Waals surface area contributed by atoms with E-state index in [4.69, 9.17) is 14.6 Å². The van der Waals surface area contributed by atoms with Gasteiger partial charge in [0, 0.05) is 18.8 Å². The minimum atomic E-state index is -0.556. The van der Waals surface area contributed by atoms with E-state index < -0.39 is 5.97 Å². The van der Waals surface area contributed by atoms with Crippen LogP contribution in [-0.2, 0) is 14.3 Å². The first kappa shape index (κ1) is 22.1. The maximum absolute atomic E-state index is 12.6. The van der Waals surface area contributed by atoms with Gasteiger partial charge in [-0.2, -0.15) is 0 Å². The molecule has 0 radical (unpaired) electrons. The van der Waals surface area contributed by atoms with E-state index in [1.54, 1.807) is 0 Å². The number of ether oxygens (including phenoxy) is 2. The number of aliphatic hydroxyl groups excluding tert-OH is 1. The molecule has 1 aromatic carbocycles. The van der Waals surface area contributed by atoms with Crippen molar-refractivity contribution in [1.29, 1.82) is 0 Å². The lowest BCUT2D eigenvalue weighted by Gasteiger charge is -2.19. The molecule has 0 spiro atoms. The molecule has 0 atom stereocenters. The molecule has 0 saturated carbocycles. The lowest BCUT2D eigenvalue weighted by molar-refractivity contribution is -0.136. The predicted octanol–water partition coefficient (Wildman–Crippen LogP) is 1.61. The fourth-order valence-electron chi connectivity index (χ4n) is 3.78. The highest BCUT2D eigenvalue weighted by molar-refractivity contribution is 6.08. The Kier molecular flexibility index (Phi) is 8.10. The molecule has 0 aromatic heterocycles. The molecule has 1 aromatic rings. The number of hydrogen-bond acceptors (Lipinski definition) is 7. The van der Waals surface area contributed by atoms with E-state index in [0.717, 1.165) is 25.4 Å². The maximum atomic E-state index is 12.6. The fourth-order valence-corrected chi connectivity index (χ4v) is 3.78. The van der Waals surface area contributed by atoms with E-state index in [1.807, 2.05) is 24.3 Å².